The SMILES string of the molecule is Cc1ccc(-n2nc(C)c(C(=O)C(=O)O)c2C)cc1. The zero-order valence-electron chi connectivity index (χ0n) is 11.0. The minimum Gasteiger partial charge on any atom is -0.475 e. The molecule has 0 atom stereocenters. The number of ketones is 1. The van der Waals surface area contributed by atoms with Crippen molar-refractivity contribution in [1.82, 2.24) is 9.78 Å². The third-order valence-corrected chi connectivity index (χ3v) is 2.99. The van der Waals surface area contributed by atoms with Crippen LogP contribution in [0.1, 0.15) is 27.3 Å². The van der Waals surface area contributed by atoms with Crippen molar-refractivity contribution in [2.75, 3.05) is 0 Å². The van der Waals surface area contributed by atoms with E-state index in [2.05, 4.69) is 5.10 Å². The summed E-state index contributed by atoms with van der Waals surface area (Å²) >= 11 is 0. The van der Waals surface area contributed by atoms with Gasteiger partial charge in [-0.15, -0.1) is 0 Å². The lowest BCUT2D eigenvalue weighted by molar-refractivity contribution is -0.131. The molecule has 0 aliphatic heterocycles. The van der Waals surface area contributed by atoms with Crippen LogP contribution >= 0.6 is 0 Å². The van der Waals surface area contributed by atoms with Crippen molar-refractivity contribution in [2.45, 2.75) is 20.8 Å². The highest BCUT2D eigenvalue weighted by molar-refractivity contribution is 6.40. The average Bonchev–Trinajstić information content (AvgIpc) is 2.65. The summed E-state index contributed by atoms with van der Waals surface area (Å²) < 4.78 is 1.59. The Labute approximate surface area is 110 Å². The van der Waals surface area contributed by atoms with Gasteiger partial charge in [-0.3, -0.25) is 4.79 Å². The Kier molecular flexibility index (Phi) is 3.21. The molecule has 0 amide bonds. The van der Waals surface area contributed by atoms with Gasteiger partial charge in [-0.05, 0) is 32.9 Å². The highest BCUT2D eigenvalue weighted by Gasteiger charge is 2.24. The van der Waals surface area contributed by atoms with Gasteiger partial charge >= 0.3 is 5.97 Å². The molecular formula is C14H14N2O3. The molecule has 5 nitrogen and oxygen atoms in total. The largest absolute Gasteiger partial charge is 0.475 e. The number of aliphatic carboxylic acids is 1. The molecule has 0 radical (unpaired) electrons. The number of nitrogens with zero attached hydrogens (tertiary/aromatic N) is 2. The summed E-state index contributed by atoms with van der Waals surface area (Å²) in [5.74, 6) is -2.39. The zero-order valence-corrected chi connectivity index (χ0v) is 11.0. The number of Topliss-reactive ketones (excluding diaryl/α,β-unsaturated/α-hetero) is 1. The van der Waals surface area contributed by atoms with Gasteiger partial charge in [0, 0.05) is 0 Å². The van der Waals surface area contributed by atoms with Crippen molar-refractivity contribution < 1.29 is 14.7 Å². The first-order valence-electron chi connectivity index (χ1n) is 5.82. The normalized spacial score (nSPS) is 10.5. The first kappa shape index (κ1) is 13.0. The first-order valence-corrected chi connectivity index (χ1v) is 5.82. The van der Waals surface area contributed by atoms with Crippen LogP contribution < -0.4 is 0 Å². The molecule has 1 heterocycles. The van der Waals surface area contributed by atoms with Gasteiger partial charge in [0.25, 0.3) is 5.78 Å². The lowest BCUT2D eigenvalue weighted by Gasteiger charge is -2.04. The van der Waals surface area contributed by atoms with Crippen LogP contribution in [0.2, 0.25) is 0 Å². The number of carboxylic acids is 1. The van der Waals surface area contributed by atoms with E-state index in [0.717, 1.165) is 11.3 Å². The predicted molar refractivity (Wildman–Crippen MR) is 69.7 cm³/mol. The van der Waals surface area contributed by atoms with E-state index in [0.29, 0.717) is 11.4 Å². The number of hydrogen-bond donors (Lipinski definition) is 1. The number of carbonyl (C=O) groups excluding carboxylic acids is 1. The van der Waals surface area contributed by atoms with Crippen molar-refractivity contribution in [3.05, 3.63) is 46.8 Å². The van der Waals surface area contributed by atoms with Crippen molar-refractivity contribution in [3.63, 3.8) is 0 Å². The Balaban J connectivity index is 2.56. The van der Waals surface area contributed by atoms with Crippen LogP contribution in [-0.4, -0.2) is 26.6 Å². The zero-order chi connectivity index (χ0) is 14.2. The molecule has 98 valence electrons. The Morgan fingerprint density at radius 3 is 2.21 bits per heavy atom. The summed E-state index contributed by atoms with van der Waals surface area (Å²) in [6, 6.07) is 7.63. The second-order valence-corrected chi connectivity index (χ2v) is 4.43. The molecule has 0 aliphatic rings. The summed E-state index contributed by atoms with van der Waals surface area (Å²) in [6.45, 7) is 5.30. The maximum absolute atomic E-state index is 11.6. The van der Waals surface area contributed by atoms with Crippen LogP contribution in [-0.2, 0) is 4.79 Å². The van der Waals surface area contributed by atoms with E-state index in [1.54, 1.807) is 18.5 Å². The number of aromatic nitrogens is 2. The van der Waals surface area contributed by atoms with Crippen LogP contribution in [0.3, 0.4) is 0 Å². The van der Waals surface area contributed by atoms with E-state index in [1.165, 1.54) is 0 Å². The third kappa shape index (κ3) is 2.27. The molecule has 0 unspecified atom stereocenters. The average molecular weight is 258 g/mol. The fourth-order valence-corrected chi connectivity index (χ4v) is 2.02. The van der Waals surface area contributed by atoms with E-state index in [4.69, 9.17) is 5.11 Å². The van der Waals surface area contributed by atoms with Gasteiger partial charge in [0.1, 0.15) is 0 Å². The lowest BCUT2D eigenvalue weighted by atomic mass is 10.1. The number of rotatable bonds is 3. The first-order chi connectivity index (χ1) is 8.91. The van der Waals surface area contributed by atoms with Gasteiger partial charge < -0.3 is 5.11 Å². The molecule has 0 aliphatic carbocycles. The van der Waals surface area contributed by atoms with E-state index < -0.39 is 11.8 Å². The molecule has 2 aromatic rings. The monoisotopic (exact) mass is 258 g/mol. The van der Waals surface area contributed by atoms with Gasteiger partial charge in [-0.2, -0.15) is 5.10 Å². The van der Waals surface area contributed by atoms with Gasteiger partial charge in [0.05, 0.1) is 22.6 Å². The van der Waals surface area contributed by atoms with E-state index in [1.807, 2.05) is 31.2 Å². The van der Waals surface area contributed by atoms with Gasteiger partial charge in [-0.1, -0.05) is 17.7 Å². The summed E-state index contributed by atoms with van der Waals surface area (Å²) in [6.07, 6.45) is 0. The topological polar surface area (TPSA) is 72.2 Å². The standard InChI is InChI=1S/C14H14N2O3/c1-8-4-6-11(7-5-8)16-10(3)12(9(2)15-16)13(17)14(18)19/h4-7H,1-3H3,(H,18,19). The van der Waals surface area contributed by atoms with Crippen LogP contribution in [0, 0.1) is 20.8 Å². The molecule has 1 aromatic carbocycles. The van der Waals surface area contributed by atoms with Crippen molar-refractivity contribution in [1.29, 1.82) is 0 Å². The molecule has 0 bridgehead atoms. The molecule has 0 fully saturated rings. The van der Waals surface area contributed by atoms with E-state index in [9.17, 15) is 9.59 Å². The maximum atomic E-state index is 11.6. The smallest absolute Gasteiger partial charge is 0.377 e. The number of aryl methyl sites for hydroxylation is 2. The molecule has 1 aromatic heterocycles. The minimum absolute atomic E-state index is 0.160. The summed E-state index contributed by atoms with van der Waals surface area (Å²) in [7, 11) is 0. The van der Waals surface area contributed by atoms with Crippen LogP contribution in [0.15, 0.2) is 24.3 Å². The highest BCUT2D eigenvalue weighted by Crippen LogP contribution is 2.18. The van der Waals surface area contributed by atoms with Crippen molar-refractivity contribution >= 4 is 11.8 Å². The molecular weight excluding hydrogens is 244 g/mol. The second kappa shape index (κ2) is 4.68. The Morgan fingerprint density at radius 1 is 1.11 bits per heavy atom. The van der Waals surface area contributed by atoms with Crippen LogP contribution in [0.5, 0.6) is 0 Å². The molecule has 0 spiro atoms. The Hall–Kier alpha value is -2.43. The summed E-state index contributed by atoms with van der Waals surface area (Å²) in [4.78, 5) is 22.4. The van der Waals surface area contributed by atoms with Crippen molar-refractivity contribution in [2.24, 2.45) is 0 Å². The van der Waals surface area contributed by atoms with Crippen molar-refractivity contribution in [3.8, 4) is 5.69 Å². The molecule has 0 saturated heterocycles. The Bertz CT molecular complexity index is 654. The van der Waals surface area contributed by atoms with E-state index >= 15 is 0 Å². The number of benzene rings is 1. The molecule has 5 heteroatoms. The quantitative estimate of drug-likeness (QED) is 0.675. The lowest BCUT2D eigenvalue weighted by Crippen LogP contribution is -2.14. The van der Waals surface area contributed by atoms with Crippen LogP contribution in [0.25, 0.3) is 5.69 Å². The highest BCUT2D eigenvalue weighted by atomic mass is 16.4. The van der Waals surface area contributed by atoms with Gasteiger partial charge in [0.2, 0.25) is 0 Å². The number of hydrogen-bond acceptors (Lipinski definition) is 3. The Morgan fingerprint density at radius 2 is 1.68 bits per heavy atom. The minimum atomic E-state index is -1.46. The van der Waals surface area contributed by atoms with Crippen LogP contribution in [0.4, 0.5) is 0 Å². The van der Waals surface area contributed by atoms with Gasteiger partial charge in [-0.25, -0.2) is 9.48 Å². The molecule has 19 heavy (non-hydrogen) atoms. The second-order valence-electron chi connectivity index (χ2n) is 4.43. The fraction of sp³-hybridized carbons (Fsp3) is 0.214. The molecule has 2 rings (SSSR count). The summed E-state index contributed by atoms with van der Waals surface area (Å²) in [5.41, 5.74) is 3.04. The summed E-state index contributed by atoms with van der Waals surface area (Å²) in [5, 5.41) is 13.1. The van der Waals surface area contributed by atoms with Gasteiger partial charge in [0.15, 0.2) is 0 Å². The maximum Gasteiger partial charge on any atom is 0.377 e. The molecule has 1 N–H and O–H groups in total. The predicted octanol–water partition coefficient (Wildman–Crippen LogP) is 2.06. The fourth-order valence-electron chi connectivity index (χ4n) is 2.02. The number of carbonyl (C=O) groups is 2. The number of carboxylic acid groups (broad SMARTS) is 1. The molecule has 0 saturated carbocycles. The van der Waals surface area contributed by atoms with E-state index in [-0.39, 0.29) is 5.56 Å². The third-order valence-electron chi connectivity index (χ3n) is 2.99.